The smallest absolute Gasteiger partial charge is 0.218 e. The highest BCUT2D eigenvalue weighted by Gasteiger charge is 2.03. The van der Waals surface area contributed by atoms with Crippen LogP contribution in [0.1, 0.15) is 0 Å². The maximum Gasteiger partial charge on any atom is 0.218 e. The summed E-state index contributed by atoms with van der Waals surface area (Å²) in [6.07, 6.45) is 6.43. The minimum absolute atomic E-state index is 0.326. The summed E-state index contributed by atoms with van der Waals surface area (Å²) in [5.41, 5.74) is 7.18. The van der Waals surface area contributed by atoms with E-state index in [1.165, 1.54) is 0 Å². The highest BCUT2D eigenvalue weighted by molar-refractivity contribution is 7.84. The highest BCUT2D eigenvalue weighted by atomic mass is 32.2. The molecule has 82 valence electrons. The lowest BCUT2D eigenvalue weighted by atomic mass is 10.1. The number of pyridine rings is 1. The fraction of sp³-hybridized carbons (Fsp3) is 0.100. The molecule has 0 spiro atoms. The molecule has 16 heavy (non-hydrogen) atoms. The number of rotatable bonds is 2. The average Bonchev–Trinajstić information content (AvgIpc) is 2.30. The van der Waals surface area contributed by atoms with Crippen molar-refractivity contribution in [1.29, 1.82) is 0 Å². The molecule has 2 aromatic rings. The van der Waals surface area contributed by atoms with E-state index >= 15 is 0 Å². The van der Waals surface area contributed by atoms with E-state index in [1.807, 2.05) is 6.07 Å². The lowest BCUT2D eigenvalue weighted by Gasteiger charge is -2.01. The van der Waals surface area contributed by atoms with Gasteiger partial charge in [-0.1, -0.05) is 0 Å². The summed E-state index contributed by atoms with van der Waals surface area (Å²) >= 11 is 0. The molecule has 1 unspecified atom stereocenters. The van der Waals surface area contributed by atoms with E-state index in [1.54, 1.807) is 30.9 Å². The van der Waals surface area contributed by atoms with E-state index in [9.17, 15) is 4.21 Å². The van der Waals surface area contributed by atoms with Gasteiger partial charge in [-0.05, 0) is 12.1 Å². The maximum absolute atomic E-state index is 11.1. The summed E-state index contributed by atoms with van der Waals surface area (Å²) in [5, 5.41) is 0.326. The Hall–Kier alpha value is -1.82. The average molecular weight is 234 g/mol. The van der Waals surface area contributed by atoms with Crippen LogP contribution in [0.4, 0.5) is 5.82 Å². The second kappa shape index (κ2) is 4.36. The molecule has 0 aliphatic carbocycles. The summed E-state index contributed by atoms with van der Waals surface area (Å²) in [6, 6.07) is 3.55. The number of hydrogen-bond donors (Lipinski definition) is 1. The van der Waals surface area contributed by atoms with Gasteiger partial charge in [0.05, 0.1) is 10.8 Å². The maximum atomic E-state index is 11.1. The summed E-state index contributed by atoms with van der Waals surface area (Å²) in [4.78, 5) is 12.0. The first kappa shape index (κ1) is 10.7. The molecule has 0 aliphatic heterocycles. The Bertz CT molecular complexity index is 509. The van der Waals surface area contributed by atoms with Crippen molar-refractivity contribution in [3.63, 3.8) is 0 Å². The first-order valence-corrected chi connectivity index (χ1v) is 6.10. The SMILES string of the molecule is CS(=O)c1ncc(-c2ccc(N)nc2)cn1. The van der Waals surface area contributed by atoms with Crippen molar-refractivity contribution in [2.45, 2.75) is 5.16 Å². The predicted molar refractivity (Wildman–Crippen MR) is 62.0 cm³/mol. The van der Waals surface area contributed by atoms with Gasteiger partial charge < -0.3 is 5.73 Å². The second-order valence-corrected chi connectivity index (χ2v) is 4.45. The van der Waals surface area contributed by atoms with Gasteiger partial charge in [-0.3, -0.25) is 4.21 Å². The van der Waals surface area contributed by atoms with Crippen LogP contribution in [-0.4, -0.2) is 25.4 Å². The lowest BCUT2D eigenvalue weighted by molar-refractivity contribution is 0.679. The third-order valence-electron chi connectivity index (χ3n) is 2.00. The van der Waals surface area contributed by atoms with Crippen molar-refractivity contribution in [3.05, 3.63) is 30.7 Å². The molecule has 0 radical (unpaired) electrons. The minimum Gasteiger partial charge on any atom is -0.384 e. The van der Waals surface area contributed by atoms with E-state index in [4.69, 9.17) is 5.73 Å². The molecule has 2 N–H and O–H groups in total. The van der Waals surface area contributed by atoms with Crippen LogP contribution in [0.15, 0.2) is 35.9 Å². The van der Waals surface area contributed by atoms with Crippen LogP contribution in [0.3, 0.4) is 0 Å². The van der Waals surface area contributed by atoms with Crippen molar-refractivity contribution < 1.29 is 4.21 Å². The van der Waals surface area contributed by atoms with Crippen molar-refractivity contribution in [2.75, 3.05) is 12.0 Å². The fourth-order valence-electron chi connectivity index (χ4n) is 1.19. The molecule has 0 aliphatic rings. The van der Waals surface area contributed by atoms with Crippen LogP contribution in [0.2, 0.25) is 0 Å². The van der Waals surface area contributed by atoms with Crippen LogP contribution < -0.4 is 5.73 Å². The molecule has 2 aromatic heterocycles. The third kappa shape index (κ3) is 2.22. The van der Waals surface area contributed by atoms with Crippen LogP contribution in [0.25, 0.3) is 11.1 Å². The van der Waals surface area contributed by atoms with Gasteiger partial charge in [-0.25, -0.2) is 15.0 Å². The molecular formula is C10H10N4OS. The van der Waals surface area contributed by atoms with Gasteiger partial charge in [0.2, 0.25) is 5.16 Å². The standard InChI is InChI=1S/C10H10N4OS/c1-16(15)10-13-5-8(6-14-10)7-2-3-9(11)12-4-7/h2-6H,1H3,(H2,11,12). The summed E-state index contributed by atoms with van der Waals surface area (Å²) in [6.45, 7) is 0. The Morgan fingerprint density at radius 2 is 1.69 bits per heavy atom. The van der Waals surface area contributed by atoms with E-state index < -0.39 is 10.8 Å². The first-order valence-electron chi connectivity index (χ1n) is 4.54. The Morgan fingerprint density at radius 3 is 2.19 bits per heavy atom. The Balaban J connectivity index is 2.34. The summed E-state index contributed by atoms with van der Waals surface area (Å²) < 4.78 is 11.1. The molecule has 0 fully saturated rings. The second-order valence-electron chi connectivity index (χ2n) is 3.18. The largest absolute Gasteiger partial charge is 0.384 e. The Morgan fingerprint density at radius 1 is 1.06 bits per heavy atom. The van der Waals surface area contributed by atoms with E-state index in [-0.39, 0.29) is 0 Å². The topological polar surface area (TPSA) is 81.8 Å². The number of nitrogens with two attached hydrogens (primary N) is 1. The van der Waals surface area contributed by atoms with Gasteiger partial charge >= 0.3 is 0 Å². The highest BCUT2D eigenvalue weighted by Crippen LogP contribution is 2.17. The normalized spacial score (nSPS) is 12.3. The molecule has 2 rings (SSSR count). The van der Waals surface area contributed by atoms with E-state index in [0.717, 1.165) is 11.1 Å². The van der Waals surface area contributed by atoms with Gasteiger partial charge in [0.15, 0.2) is 0 Å². The van der Waals surface area contributed by atoms with Crippen molar-refractivity contribution >= 4 is 16.6 Å². The van der Waals surface area contributed by atoms with Crippen molar-refractivity contribution in [3.8, 4) is 11.1 Å². The van der Waals surface area contributed by atoms with Gasteiger partial charge in [0.1, 0.15) is 5.82 Å². The molecule has 0 saturated carbocycles. The molecular weight excluding hydrogens is 224 g/mol. The molecule has 6 heteroatoms. The molecule has 5 nitrogen and oxygen atoms in total. The summed E-state index contributed by atoms with van der Waals surface area (Å²) in [5.74, 6) is 0.468. The molecule has 0 bridgehead atoms. The number of hydrogen-bond acceptors (Lipinski definition) is 5. The van der Waals surface area contributed by atoms with Crippen LogP contribution in [0, 0.1) is 0 Å². The van der Waals surface area contributed by atoms with Gasteiger partial charge in [0, 0.05) is 36.0 Å². The fourth-order valence-corrected chi connectivity index (χ4v) is 1.59. The van der Waals surface area contributed by atoms with E-state index in [2.05, 4.69) is 15.0 Å². The van der Waals surface area contributed by atoms with Crippen LogP contribution >= 0.6 is 0 Å². The van der Waals surface area contributed by atoms with Crippen LogP contribution in [-0.2, 0) is 10.8 Å². The zero-order valence-corrected chi connectivity index (χ0v) is 9.44. The number of aromatic nitrogens is 3. The quantitative estimate of drug-likeness (QED) is 0.779. The van der Waals surface area contributed by atoms with Crippen molar-refractivity contribution in [1.82, 2.24) is 15.0 Å². The first-order chi connectivity index (χ1) is 7.66. The predicted octanol–water partition coefficient (Wildman–Crippen LogP) is 0.858. The van der Waals surface area contributed by atoms with Crippen LogP contribution in [0.5, 0.6) is 0 Å². The monoisotopic (exact) mass is 234 g/mol. The molecule has 0 amide bonds. The summed E-state index contributed by atoms with van der Waals surface area (Å²) in [7, 11) is -1.16. The Kier molecular flexibility index (Phi) is 2.91. The number of nitrogen functional groups attached to an aromatic ring is 1. The molecule has 2 heterocycles. The van der Waals surface area contributed by atoms with Gasteiger partial charge in [-0.2, -0.15) is 0 Å². The zero-order valence-electron chi connectivity index (χ0n) is 8.62. The molecule has 0 aromatic carbocycles. The zero-order chi connectivity index (χ0) is 11.5. The number of anilines is 1. The molecule has 0 saturated heterocycles. The minimum atomic E-state index is -1.16. The van der Waals surface area contributed by atoms with E-state index in [0.29, 0.717) is 11.0 Å². The molecule has 1 atom stereocenters. The van der Waals surface area contributed by atoms with Crippen molar-refractivity contribution in [2.24, 2.45) is 0 Å². The third-order valence-corrected chi connectivity index (χ3v) is 2.73. The lowest BCUT2D eigenvalue weighted by Crippen LogP contribution is -1.96. The Labute approximate surface area is 95.2 Å². The van der Waals surface area contributed by atoms with Gasteiger partial charge in [-0.15, -0.1) is 0 Å². The number of nitrogens with zero attached hydrogens (tertiary/aromatic N) is 3. The van der Waals surface area contributed by atoms with Gasteiger partial charge in [0.25, 0.3) is 0 Å².